The quantitative estimate of drug-likeness (QED) is 0.101. The van der Waals surface area contributed by atoms with Crippen molar-refractivity contribution >= 4 is 34.1 Å². The fourth-order valence-electron chi connectivity index (χ4n) is 5.35. The van der Waals surface area contributed by atoms with Crippen molar-refractivity contribution in [3.05, 3.63) is 119 Å². The number of esters is 1. The van der Waals surface area contributed by atoms with Crippen LogP contribution in [-0.4, -0.2) is 40.5 Å². The van der Waals surface area contributed by atoms with E-state index in [0.717, 1.165) is 36.0 Å². The van der Waals surface area contributed by atoms with E-state index in [9.17, 15) is 14.7 Å². The first-order chi connectivity index (χ1) is 20.0. The summed E-state index contributed by atoms with van der Waals surface area (Å²) in [4.78, 5) is 35.2. The number of oxime groups is 1. The highest BCUT2D eigenvalue weighted by molar-refractivity contribution is 7.14. The second-order valence-electron chi connectivity index (χ2n) is 9.89. The Hall–Kier alpha value is -4.50. The number of aromatic nitrogens is 1. The molecule has 8 nitrogen and oxygen atoms in total. The molecule has 0 aliphatic heterocycles. The van der Waals surface area contributed by atoms with Crippen LogP contribution in [0.5, 0.6) is 0 Å². The maximum atomic E-state index is 12.6. The lowest BCUT2D eigenvalue weighted by Crippen LogP contribution is -2.43. The van der Waals surface area contributed by atoms with Crippen LogP contribution >= 0.6 is 11.3 Å². The van der Waals surface area contributed by atoms with Crippen LogP contribution in [0.2, 0.25) is 0 Å². The maximum Gasteiger partial charge on any atom is 0.360 e. The molecule has 0 atom stereocenters. The molecule has 41 heavy (non-hydrogen) atoms. The van der Waals surface area contributed by atoms with Crippen LogP contribution < -0.4 is 5.32 Å². The van der Waals surface area contributed by atoms with Crippen LogP contribution in [-0.2, 0) is 24.7 Å². The first-order valence-corrected chi connectivity index (χ1v) is 14.3. The SMILES string of the molecule is COC(=O)C1(O/N=C(\C(=O)O)c2csc(NC(c3ccccc3)(c3ccccc3)c3ccccc3)n2)CCCCC1. The Morgan fingerprint density at radius 3 is 1.85 bits per heavy atom. The van der Waals surface area contributed by atoms with Gasteiger partial charge in [0.1, 0.15) is 11.2 Å². The Labute approximate surface area is 242 Å². The molecule has 1 fully saturated rings. The predicted molar refractivity (Wildman–Crippen MR) is 158 cm³/mol. The van der Waals surface area contributed by atoms with Gasteiger partial charge in [0, 0.05) is 18.2 Å². The first kappa shape index (κ1) is 28.0. The van der Waals surface area contributed by atoms with Crippen LogP contribution in [0.4, 0.5) is 5.13 Å². The molecule has 1 aliphatic carbocycles. The molecule has 0 spiro atoms. The molecule has 1 aliphatic rings. The number of nitrogens with zero attached hydrogens (tertiary/aromatic N) is 2. The molecule has 0 radical (unpaired) electrons. The minimum atomic E-state index is -1.31. The Morgan fingerprint density at radius 1 is 0.878 bits per heavy atom. The van der Waals surface area contributed by atoms with Crippen molar-refractivity contribution in [2.75, 3.05) is 12.4 Å². The van der Waals surface area contributed by atoms with Gasteiger partial charge in [0.05, 0.1) is 7.11 Å². The molecule has 0 amide bonds. The number of rotatable bonds is 10. The summed E-state index contributed by atoms with van der Waals surface area (Å²) in [5, 5.41) is 19.8. The number of aliphatic carboxylic acids is 1. The number of carbonyl (C=O) groups is 2. The van der Waals surface area contributed by atoms with Gasteiger partial charge in [-0.1, -0.05) is 103 Å². The number of thiazole rings is 1. The van der Waals surface area contributed by atoms with Crippen LogP contribution in [0.3, 0.4) is 0 Å². The normalized spacial score (nSPS) is 15.1. The zero-order valence-electron chi connectivity index (χ0n) is 22.7. The average Bonchev–Trinajstić information content (AvgIpc) is 3.49. The van der Waals surface area contributed by atoms with Crippen molar-refractivity contribution in [3.63, 3.8) is 0 Å². The second kappa shape index (κ2) is 12.3. The van der Waals surface area contributed by atoms with E-state index in [0.29, 0.717) is 18.0 Å². The lowest BCUT2D eigenvalue weighted by atomic mass is 9.77. The van der Waals surface area contributed by atoms with Crippen molar-refractivity contribution in [3.8, 4) is 0 Å². The molecule has 5 rings (SSSR count). The largest absolute Gasteiger partial charge is 0.476 e. The molecular weight excluding hydrogens is 538 g/mol. The van der Waals surface area contributed by atoms with E-state index in [1.165, 1.54) is 18.4 Å². The average molecular weight is 570 g/mol. The number of methoxy groups -OCH3 is 1. The highest BCUT2D eigenvalue weighted by Gasteiger charge is 2.44. The van der Waals surface area contributed by atoms with Crippen LogP contribution in [0.25, 0.3) is 0 Å². The zero-order valence-corrected chi connectivity index (χ0v) is 23.5. The summed E-state index contributed by atoms with van der Waals surface area (Å²) < 4.78 is 4.97. The summed E-state index contributed by atoms with van der Waals surface area (Å²) >= 11 is 1.26. The monoisotopic (exact) mass is 569 g/mol. The van der Waals surface area contributed by atoms with Crippen LogP contribution in [0.15, 0.2) is 102 Å². The van der Waals surface area contributed by atoms with Gasteiger partial charge in [0.25, 0.3) is 0 Å². The summed E-state index contributed by atoms with van der Waals surface area (Å²) in [6, 6.07) is 30.1. The van der Waals surface area contributed by atoms with Gasteiger partial charge < -0.3 is 20.0 Å². The van der Waals surface area contributed by atoms with E-state index in [2.05, 4.69) is 51.9 Å². The highest BCUT2D eigenvalue weighted by Crippen LogP contribution is 2.40. The van der Waals surface area contributed by atoms with E-state index in [4.69, 9.17) is 9.57 Å². The fourth-order valence-corrected chi connectivity index (χ4v) is 6.10. The van der Waals surface area contributed by atoms with Crippen LogP contribution in [0, 0.1) is 0 Å². The third-order valence-electron chi connectivity index (χ3n) is 7.39. The van der Waals surface area contributed by atoms with Gasteiger partial charge in [-0.05, 0) is 29.5 Å². The Bertz CT molecular complexity index is 1400. The van der Waals surface area contributed by atoms with E-state index < -0.39 is 23.1 Å². The first-order valence-electron chi connectivity index (χ1n) is 13.5. The summed E-state index contributed by atoms with van der Waals surface area (Å²) in [6.45, 7) is 0. The van der Waals surface area contributed by atoms with Crippen molar-refractivity contribution in [2.45, 2.75) is 43.2 Å². The van der Waals surface area contributed by atoms with Crippen LogP contribution in [0.1, 0.15) is 54.5 Å². The minimum Gasteiger partial charge on any atom is -0.476 e. The molecular formula is C32H31N3O5S. The zero-order chi connectivity index (χ0) is 28.7. The van der Waals surface area contributed by atoms with Crippen molar-refractivity contribution in [2.24, 2.45) is 5.16 Å². The van der Waals surface area contributed by atoms with Gasteiger partial charge in [-0.3, -0.25) is 0 Å². The number of benzene rings is 3. The van der Waals surface area contributed by atoms with E-state index in [-0.39, 0.29) is 11.4 Å². The van der Waals surface area contributed by atoms with Gasteiger partial charge in [0.15, 0.2) is 5.13 Å². The molecule has 0 unspecified atom stereocenters. The predicted octanol–water partition coefficient (Wildman–Crippen LogP) is 6.23. The number of hydrogen-bond acceptors (Lipinski definition) is 8. The topological polar surface area (TPSA) is 110 Å². The lowest BCUT2D eigenvalue weighted by molar-refractivity contribution is -0.174. The molecule has 210 valence electrons. The molecule has 3 aromatic carbocycles. The van der Waals surface area contributed by atoms with Crippen molar-refractivity contribution in [1.29, 1.82) is 0 Å². The summed E-state index contributed by atoms with van der Waals surface area (Å²) in [5.41, 5.74) is 0.587. The molecule has 1 heterocycles. The molecule has 2 N–H and O–H groups in total. The van der Waals surface area contributed by atoms with Crippen molar-refractivity contribution < 1.29 is 24.3 Å². The molecule has 4 aromatic rings. The van der Waals surface area contributed by atoms with E-state index >= 15 is 0 Å². The second-order valence-corrected chi connectivity index (χ2v) is 10.8. The number of carboxylic acid groups (broad SMARTS) is 1. The third-order valence-corrected chi connectivity index (χ3v) is 8.15. The fraction of sp³-hybridized carbons (Fsp3) is 0.250. The Kier molecular flexibility index (Phi) is 8.45. The number of hydrogen-bond donors (Lipinski definition) is 2. The Morgan fingerprint density at radius 2 is 1.39 bits per heavy atom. The van der Waals surface area contributed by atoms with Gasteiger partial charge in [-0.15, -0.1) is 11.3 Å². The number of carboxylic acids is 1. The van der Waals surface area contributed by atoms with E-state index in [1.54, 1.807) is 5.38 Å². The number of anilines is 1. The number of nitrogens with one attached hydrogen (secondary N) is 1. The summed E-state index contributed by atoms with van der Waals surface area (Å²) in [7, 11) is 1.29. The van der Waals surface area contributed by atoms with Crippen molar-refractivity contribution in [1.82, 2.24) is 4.98 Å². The van der Waals surface area contributed by atoms with E-state index in [1.807, 2.05) is 54.6 Å². The molecule has 0 bridgehead atoms. The molecule has 1 aromatic heterocycles. The van der Waals surface area contributed by atoms with Gasteiger partial charge >= 0.3 is 11.9 Å². The van der Waals surface area contributed by atoms with Gasteiger partial charge in [-0.2, -0.15) is 0 Å². The maximum absolute atomic E-state index is 12.6. The number of ether oxygens (including phenoxy) is 1. The minimum absolute atomic E-state index is 0.129. The molecule has 9 heteroatoms. The number of carbonyl (C=O) groups excluding carboxylic acids is 1. The van der Waals surface area contributed by atoms with Gasteiger partial charge in [0.2, 0.25) is 11.3 Å². The summed E-state index contributed by atoms with van der Waals surface area (Å²) in [6.07, 6.45) is 3.31. The molecule has 1 saturated carbocycles. The highest BCUT2D eigenvalue weighted by atomic mass is 32.1. The summed E-state index contributed by atoms with van der Waals surface area (Å²) in [5.74, 6) is -1.86. The lowest BCUT2D eigenvalue weighted by Gasteiger charge is -2.36. The smallest absolute Gasteiger partial charge is 0.360 e. The third kappa shape index (κ3) is 5.71. The Balaban J connectivity index is 1.55. The molecule has 0 saturated heterocycles. The van der Waals surface area contributed by atoms with Gasteiger partial charge in [-0.25, -0.2) is 14.6 Å². The standard InChI is InChI=1S/C32H31N3O5S/c1-39-29(38)31(20-12-5-13-21-31)40-35-27(28(36)37)26-22-41-30(33-26)34-32(23-14-6-2-7-15-23,24-16-8-3-9-17-24)25-18-10-4-11-19-25/h2-4,6-11,14-19,22H,5,12-13,20-21H2,1H3,(H,33,34)(H,36,37)/b35-27-.